The van der Waals surface area contributed by atoms with Gasteiger partial charge in [-0.2, -0.15) is 0 Å². The third-order valence-corrected chi connectivity index (χ3v) is 3.52. The summed E-state index contributed by atoms with van der Waals surface area (Å²) in [5, 5.41) is 0. The highest BCUT2D eigenvalue weighted by Gasteiger charge is 2.25. The maximum atomic E-state index is 10.8. The molecule has 0 radical (unpaired) electrons. The lowest BCUT2D eigenvalue weighted by Gasteiger charge is -2.10. The van der Waals surface area contributed by atoms with Crippen molar-refractivity contribution in [3.63, 3.8) is 0 Å². The number of carbonyl (C=O) groups excluding carboxylic acids is 2. The maximum Gasteiger partial charge on any atom is 0.253 e. The lowest BCUT2D eigenvalue weighted by atomic mass is 10.1. The van der Waals surface area contributed by atoms with Crippen LogP contribution in [-0.2, 0) is 9.59 Å². The highest BCUT2D eigenvalue weighted by Crippen LogP contribution is 2.38. The summed E-state index contributed by atoms with van der Waals surface area (Å²) >= 11 is 0. The summed E-state index contributed by atoms with van der Waals surface area (Å²) in [5.41, 5.74) is 0. The Labute approximate surface area is 102 Å². The minimum atomic E-state index is -0.188. The van der Waals surface area contributed by atoms with E-state index in [2.05, 4.69) is 12.2 Å². The molecule has 1 aliphatic heterocycles. The number of imide groups is 1. The molecule has 2 aliphatic carbocycles. The van der Waals surface area contributed by atoms with Gasteiger partial charge in [0.15, 0.2) is 0 Å². The normalized spacial score (nSPS) is 28.9. The summed E-state index contributed by atoms with van der Waals surface area (Å²) in [6.45, 7) is 2.46. The minimum Gasteiger partial charge on any atom is -0.275 e. The standard InChI is InChI=1S/C7H9NO2.C7H10/c1-2-5-8-6(9)3-4-7(8)10;1-2-7-4-3-6(1)5-7/h3-4H,2,5H2,1H3;1-2,6-7H,3-5H2. The van der Waals surface area contributed by atoms with Gasteiger partial charge in [-0.3, -0.25) is 14.5 Å². The molecular weight excluding hydrogens is 214 g/mol. The molecule has 0 N–H and O–H groups in total. The molecule has 2 amide bonds. The van der Waals surface area contributed by atoms with Crippen molar-refractivity contribution in [1.29, 1.82) is 0 Å². The number of carbonyl (C=O) groups is 2. The summed E-state index contributed by atoms with van der Waals surface area (Å²) < 4.78 is 0. The first-order valence-corrected chi connectivity index (χ1v) is 6.42. The van der Waals surface area contributed by atoms with Crippen LogP contribution in [0.1, 0.15) is 32.6 Å². The molecule has 0 aromatic rings. The van der Waals surface area contributed by atoms with Crippen LogP contribution in [0.3, 0.4) is 0 Å². The van der Waals surface area contributed by atoms with Crippen molar-refractivity contribution in [3.05, 3.63) is 24.3 Å². The molecule has 92 valence electrons. The Hall–Kier alpha value is -1.38. The van der Waals surface area contributed by atoms with E-state index in [0.717, 1.165) is 18.3 Å². The van der Waals surface area contributed by atoms with Crippen LogP contribution < -0.4 is 0 Å². The molecule has 1 saturated carbocycles. The smallest absolute Gasteiger partial charge is 0.253 e. The largest absolute Gasteiger partial charge is 0.275 e. The first-order valence-electron chi connectivity index (χ1n) is 6.42. The number of amides is 2. The van der Waals surface area contributed by atoms with E-state index in [4.69, 9.17) is 0 Å². The zero-order chi connectivity index (χ0) is 12.3. The van der Waals surface area contributed by atoms with Gasteiger partial charge in [-0.25, -0.2) is 0 Å². The molecule has 1 heterocycles. The average Bonchev–Trinajstić information content (AvgIpc) is 3.03. The first-order chi connectivity index (χ1) is 8.20. The van der Waals surface area contributed by atoms with Gasteiger partial charge in [0.1, 0.15) is 0 Å². The molecule has 2 atom stereocenters. The summed E-state index contributed by atoms with van der Waals surface area (Å²) in [4.78, 5) is 22.8. The second-order valence-electron chi connectivity index (χ2n) is 4.88. The van der Waals surface area contributed by atoms with Crippen molar-refractivity contribution in [2.24, 2.45) is 11.8 Å². The van der Waals surface area contributed by atoms with E-state index >= 15 is 0 Å². The van der Waals surface area contributed by atoms with Gasteiger partial charge < -0.3 is 0 Å². The molecule has 3 heteroatoms. The Morgan fingerprint density at radius 1 is 1.12 bits per heavy atom. The van der Waals surface area contributed by atoms with Crippen molar-refractivity contribution < 1.29 is 9.59 Å². The fraction of sp³-hybridized carbons (Fsp3) is 0.571. The van der Waals surface area contributed by atoms with Crippen molar-refractivity contribution >= 4 is 11.8 Å². The zero-order valence-corrected chi connectivity index (χ0v) is 10.3. The van der Waals surface area contributed by atoms with Gasteiger partial charge in [0.05, 0.1) is 0 Å². The number of fused-ring (bicyclic) bond motifs is 2. The van der Waals surface area contributed by atoms with Crippen LogP contribution in [0.2, 0.25) is 0 Å². The third-order valence-electron chi connectivity index (χ3n) is 3.52. The van der Waals surface area contributed by atoms with E-state index in [9.17, 15) is 9.59 Å². The van der Waals surface area contributed by atoms with Crippen LogP contribution in [0, 0.1) is 11.8 Å². The maximum absolute atomic E-state index is 10.8. The minimum absolute atomic E-state index is 0.188. The van der Waals surface area contributed by atoms with Crippen molar-refractivity contribution in [3.8, 4) is 0 Å². The van der Waals surface area contributed by atoms with Crippen molar-refractivity contribution in [1.82, 2.24) is 4.90 Å². The summed E-state index contributed by atoms with van der Waals surface area (Å²) in [7, 11) is 0. The van der Waals surface area contributed by atoms with Gasteiger partial charge in [0.25, 0.3) is 11.8 Å². The topological polar surface area (TPSA) is 37.4 Å². The van der Waals surface area contributed by atoms with Crippen LogP contribution in [0.5, 0.6) is 0 Å². The Bertz CT molecular complexity index is 340. The van der Waals surface area contributed by atoms with Crippen molar-refractivity contribution in [2.45, 2.75) is 32.6 Å². The second kappa shape index (κ2) is 5.30. The highest BCUT2D eigenvalue weighted by molar-refractivity contribution is 6.12. The van der Waals surface area contributed by atoms with E-state index in [1.165, 1.54) is 36.3 Å². The molecule has 0 aromatic carbocycles. The van der Waals surface area contributed by atoms with Gasteiger partial charge in [-0.15, -0.1) is 0 Å². The van der Waals surface area contributed by atoms with Crippen molar-refractivity contribution in [2.75, 3.05) is 6.54 Å². The van der Waals surface area contributed by atoms with E-state index < -0.39 is 0 Å². The van der Waals surface area contributed by atoms with E-state index in [0.29, 0.717) is 6.54 Å². The van der Waals surface area contributed by atoms with Gasteiger partial charge in [-0.1, -0.05) is 19.1 Å². The monoisotopic (exact) mass is 233 g/mol. The number of hydrogen-bond donors (Lipinski definition) is 0. The van der Waals surface area contributed by atoms with Gasteiger partial charge >= 0.3 is 0 Å². The Morgan fingerprint density at radius 2 is 1.65 bits per heavy atom. The Morgan fingerprint density at radius 3 is 1.94 bits per heavy atom. The summed E-state index contributed by atoms with van der Waals surface area (Å²) in [6, 6.07) is 0. The Kier molecular flexibility index (Phi) is 3.77. The molecule has 0 spiro atoms. The highest BCUT2D eigenvalue weighted by atomic mass is 16.2. The van der Waals surface area contributed by atoms with E-state index in [1.807, 2.05) is 6.92 Å². The van der Waals surface area contributed by atoms with Crippen LogP contribution in [0.25, 0.3) is 0 Å². The molecule has 1 fully saturated rings. The number of nitrogens with zero attached hydrogens (tertiary/aromatic N) is 1. The van der Waals surface area contributed by atoms with Crippen LogP contribution in [0.4, 0.5) is 0 Å². The first kappa shape index (κ1) is 12.1. The molecule has 17 heavy (non-hydrogen) atoms. The lowest BCUT2D eigenvalue weighted by Crippen LogP contribution is -2.30. The number of allylic oxidation sites excluding steroid dienone is 2. The van der Waals surface area contributed by atoms with E-state index in [1.54, 1.807) is 0 Å². The molecule has 3 nitrogen and oxygen atoms in total. The molecular formula is C14H19NO2. The number of rotatable bonds is 2. The fourth-order valence-corrected chi connectivity index (χ4v) is 2.59. The van der Waals surface area contributed by atoms with Crippen LogP contribution >= 0.6 is 0 Å². The molecule has 0 saturated heterocycles. The average molecular weight is 233 g/mol. The van der Waals surface area contributed by atoms with Gasteiger partial charge in [-0.05, 0) is 37.5 Å². The van der Waals surface area contributed by atoms with Gasteiger partial charge in [0, 0.05) is 18.7 Å². The van der Waals surface area contributed by atoms with Crippen LogP contribution in [0.15, 0.2) is 24.3 Å². The zero-order valence-electron chi connectivity index (χ0n) is 10.3. The lowest BCUT2D eigenvalue weighted by molar-refractivity contribution is -0.136. The molecule has 2 bridgehead atoms. The van der Waals surface area contributed by atoms with Gasteiger partial charge in [0.2, 0.25) is 0 Å². The molecule has 3 rings (SSSR count). The molecule has 3 aliphatic rings. The predicted octanol–water partition coefficient (Wildman–Crippen LogP) is 2.29. The molecule has 0 aromatic heterocycles. The van der Waals surface area contributed by atoms with Crippen LogP contribution in [-0.4, -0.2) is 23.3 Å². The SMILES string of the molecule is C1=CC2CCC1C2.CCCN1C(=O)C=CC1=O. The molecule has 2 unspecified atom stereocenters. The predicted molar refractivity (Wildman–Crippen MR) is 66.1 cm³/mol. The fourth-order valence-electron chi connectivity index (χ4n) is 2.59. The second-order valence-corrected chi connectivity index (χ2v) is 4.88. The summed E-state index contributed by atoms with van der Waals surface area (Å²) in [5.74, 6) is 1.61. The Balaban J connectivity index is 0.000000134. The quantitative estimate of drug-likeness (QED) is 0.542. The summed E-state index contributed by atoms with van der Waals surface area (Å²) in [6.07, 6.45) is 12.6. The number of hydrogen-bond acceptors (Lipinski definition) is 2. The van der Waals surface area contributed by atoms with E-state index in [-0.39, 0.29) is 11.8 Å². The third kappa shape index (κ3) is 2.84.